The highest BCUT2D eigenvalue weighted by Gasteiger charge is 2.11. The van der Waals surface area contributed by atoms with Crippen LogP contribution in [0.2, 0.25) is 0 Å². The second-order valence-corrected chi connectivity index (χ2v) is 4.35. The normalized spacial score (nSPS) is 10.0. The van der Waals surface area contributed by atoms with Gasteiger partial charge in [0.25, 0.3) is 5.91 Å². The number of rotatable bonds is 5. The summed E-state index contributed by atoms with van der Waals surface area (Å²) in [6.07, 6.45) is 1.72. The van der Waals surface area contributed by atoms with Gasteiger partial charge in [-0.3, -0.25) is 9.89 Å². The quantitative estimate of drug-likeness (QED) is 0.861. The minimum absolute atomic E-state index is 0.155. The lowest BCUT2D eigenvalue weighted by molar-refractivity contribution is 0.0941. The van der Waals surface area contributed by atoms with E-state index in [0.717, 1.165) is 24.2 Å². The number of amides is 1. The standard InChI is InChI=1S/C14H15N5O/c1-2-3-12-17-13(19-18-12)14(20)16-9-11-6-4-10(8-15)5-7-11/h4-7H,2-3,9H2,1H3,(H,16,20)(H,17,18,19). The minimum Gasteiger partial charge on any atom is -0.345 e. The lowest BCUT2D eigenvalue weighted by Gasteiger charge is -2.02. The molecule has 0 bridgehead atoms. The topological polar surface area (TPSA) is 94.5 Å². The Bertz CT molecular complexity index is 624. The van der Waals surface area contributed by atoms with Crippen LogP contribution in [0.3, 0.4) is 0 Å². The average Bonchev–Trinajstić information content (AvgIpc) is 2.94. The maximum atomic E-state index is 11.9. The van der Waals surface area contributed by atoms with Gasteiger partial charge in [0, 0.05) is 13.0 Å². The summed E-state index contributed by atoms with van der Waals surface area (Å²) in [5.74, 6) is 0.561. The Hall–Kier alpha value is -2.68. The summed E-state index contributed by atoms with van der Waals surface area (Å²) < 4.78 is 0. The minimum atomic E-state index is -0.312. The van der Waals surface area contributed by atoms with Crippen LogP contribution >= 0.6 is 0 Å². The number of nitriles is 1. The number of carbonyl (C=O) groups excluding carboxylic acids is 1. The Morgan fingerprint density at radius 3 is 2.80 bits per heavy atom. The van der Waals surface area contributed by atoms with E-state index in [0.29, 0.717) is 12.1 Å². The summed E-state index contributed by atoms with van der Waals surface area (Å²) in [5, 5.41) is 18.1. The van der Waals surface area contributed by atoms with Gasteiger partial charge in [-0.25, -0.2) is 4.98 Å². The zero-order chi connectivity index (χ0) is 14.4. The molecular formula is C14H15N5O. The zero-order valence-corrected chi connectivity index (χ0v) is 11.2. The van der Waals surface area contributed by atoms with E-state index in [9.17, 15) is 4.79 Å². The van der Waals surface area contributed by atoms with E-state index in [4.69, 9.17) is 5.26 Å². The highest BCUT2D eigenvalue weighted by atomic mass is 16.2. The second kappa shape index (κ2) is 6.48. The van der Waals surface area contributed by atoms with Crippen molar-refractivity contribution in [3.63, 3.8) is 0 Å². The van der Waals surface area contributed by atoms with Crippen LogP contribution in [-0.2, 0) is 13.0 Å². The lowest BCUT2D eigenvalue weighted by atomic mass is 10.1. The summed E-state index contributed by atoms with van der Waals surface area (Å²) in [6, 6.07) is 9.09. The van der Waals surface area contributed by atoms with E-state index >= 15 is 0 Å². The first-order valence-corrected chi connectivity index (χ1v) is 6.41. The Morgan fingerprint density at radius 2 is 2.15 bits per heavy atom. The van der Waals surface area contributed by atoms with E-state index in [-0.39, 0.29) is 11.7 Å². The molecule has 0 saturated heterocycles. The van der Waals surface area contributed by atoms with Crippen LogP contribution in [0.1, 0.15) is 40.9 Å². The average molecular weight is 269 g/mol. The first-order chi connectivity index (χ1) is 9.72. The monoisotopic (exact) mass is 269 g/mol. The van der Waals surface area contributed by atoms with Gasteiger partial charge in [0.2, 0.25) is 5.82 Å². The van der Waals surface area contributed by atoms with Crippen LogP contribution in [0.25, 0.3) is 0 Å². The number of hydrogen-bond donors (Lipinski definition) is 2. The number of nitrogens with zero attached hydrogens (tertiary/aromatic N) is 3. The molecule has 6 nitrogen and oxygen atoms in total. The summed E-state index contributed by atoms with van der Waals surface area (Å²) in [6.45, 7) is 2.41. The fourth-order valence-electron chi connectivity index (χ4n) is 1.70. The largest absolute Gasteiger partial charge is 0.345 e. The van der Waals surface area contributed by atoms with Gasteiger partial charge in [0.05, 0.1) is 11.6 Å². The van der Waals surface area contributed by atoms with Crippen molar-refractivity contribution >= 4 is 5.91 Å². The van der Waals surface area contributed by atoms with Crippen molar-refractivity contribution < 1.29 is 4.79 Å². The molecule has 0 radical (unpaired) electrons. The van der Waals surface area contributed by atoms with Crippen molar-refractivity contribution in [2.75, 3.05) is 0 Å². The third kappa shape index (κ3) is 3.42. The molecule has 2 N–H and O–H groups in total. The van der Waals surface area contributed by atoms with Crippen LogP contribution in [0, 0.1) is 11.3 Å². The van der Waals surface area contributed by atoms with Crippen LogP contribution in [0.4, 0.5) is 0 Å². The highest BCUT2D eigenvalue weighted by molar-refractivity contribution is 5.90. The number of aromatic amines is 1. The van der Waals surface area contributed by atoms with Gasteiger partial charge in [0.15, 0.2) is 0 Å². The second-order valence-electron chi connectivity index (χ2n) is 4.35. The van der Waals surface area contributed by atoms with Gasteiger partial charge >= 0.3 is 0 Å². The molecule has 0 aliphatic rings. The SMILES string of the molecule is CCCc1nc(C(=O)NCc2ccc(C#N)cc2)n[nH]1. The molecule has 20 heavy (non-hydrogen) atoms. The maximum absolute atomic E-state index is 11.9. The van der Waals surface area contributed by atoms with Gasteiger partial charge in [-0.1, -0.05) is 19.1 Å². The van der Waals surface area contributed by atoms with Crippen LogP contribution in [0.15, 0.2) is 24.3 Å². The first-order valence-electron chi connectivity index (χ1n) is 6.41. The Kier molecular flexibility index (Phi) is 4.45. The van der Waals surface area contributed by atoms with Crippen molar-refractivity contribution in [3.8, 4) is 6.07 Å². The van der Waals surface area contributed by atoms with Crippen LogP contribution in [-0.4, -0.2) is 21.1 Å². The molecule has 1 aromatic carbocycles. The molecule has 1 amide bonds. The number of aromatic nitrogens is 3. The smallest absolute Gasteiger partial charge is 0.291 e. The maximum Gasteiger partial charge on any atom is 0.291 e. The molecule has 102 valence electrons. The zero-order valence-electron chi connectivity index (χ0n) is 11.2. The number of aryl methyl sites for hydroxylation is 1. The summed E-state index contributed by atoms with van der Waals surface area (Å²) in [5.41, 5.74) is 1.51. The molecule has 0 aliphatic heterocycles. The molecule has 0 spiro atoms. The van der Waals surface area contributed by atoms with E-state index in [1.165, 1.54) is 0 Å². The van der Waals surface area contributed by atoms with Gasteiger partial charge in [-0.05, 0) is 24.1 Å². The van der Waals surface area contributed by atoms with Crippen LogP contribution in [0.5, 0.6) is 0 Å². The predicted molar refractivity (Wildman–Crippen MR) is 72.7 cm³/mol. The Balaban J connectivity index is 1.92. The molecule has 0 fully saturated rings. The number of nitrogens with one attached hydrogen (secondary N) is 2. The summed E-state index contributed by atoms with van der Waals surface area (Å²) in [4.78, 5) is 16.0. The Morgan fingerprint density at radius 1 is 1.40 bits per heavy atom. The molecule has 2 aromatic rings. The molecule has 0 unspecified atom stereocenters. The number of hydrogen-bond acceptors (Lipinski definition) is 4. The van der Waals surface area contributed by atoms with Crippen molar-refractivity contribution in [2.24, 2.45) is 0 Å². The molecule has 0 saturated carbocycles. The number of H-pyrrole nitrogens is 1. The number of carbonyl (C=O) groups is 1. The van der Waals surface area contributed by atoms with E-state index in [1.807, 2.05) is 13.0 Å². The van der Waals surface area contributed by atoms with Gasteiger partial charge < -0.3 is 5.32 Å². The predicted octanol–water partition coefficient (Wildman–Crippen LogP) is 1.56. The van der Waals surface area contributed by atoms with E-state index in [1.54, 1.807) is 24.3 Å². The molecule has 1 heterocycles. The third-order valence-corrected chi connectivity index (χ3v) is 2.76. The van der Waals surface area contributed by atoms with Gasteiger partial charge in [0.1, 0.15) is 5.82 Å². The fraction of sp³-hybridized carbons (Fsp3) is 0.286. The van der Waals surface area contributed by atoms with Gasteiger partial charge in [-0.15, -0.1) is 5.10 Å². The fourth-order valence-corrected chi connectivity index (χ4v) is 1.70. The number of benzene rings is 1. The lowest BCUT2D eigenvalue weighted by Crippen LogP contribution is -2.24. The molecule has 0 atom stereocenters. The van der Waals surface area contributed by atoms with Crippen molar-refractivity contribution in [1.29, 1.82) is 5.26 Å². The first kappa shape index (κ1) is 13.7. The van der Waals surface area contributed by atoms with Crippen LogP contribution < -0.4 is 5.32 Å². The molecule has 1 aromatic heterocycles. The summed E-state index contributed by atoms with van der Waals surface area (Å²) in [7, 11) is 0. The molecule has 6 heteroatoms. The van der Waals surface area contributed by atoms with E-state index < -0.39 is 0 Å². The van der Waals surface area contributed by atoms with Crippen molar-refractivity contribution in [1.82, 2.24) is 20.5 Å². The van der Waals surface area contributed by atoms with Crippen molar-refractivity contribution in [2.45, 2.75) is 26.3 Å². The molecule has 2 rings (SSSR count). The summed E-state index contributed by atoms with van der Waals surface area (Å²) >= 11 is 0. The van der Waals surface area contributed by atoms with Crippen molar-refractivity contribution in [3.05, 3.63) is 47.0 Å². The molecule has 0 aliphatic carbocycles. The van der Waals surface area contributed by atoms with Gasteiger partial charge in [-0.2, -0.15) is 5.26 Å². The third-order valence-electron chi connectivity index (χ3n) is 2.76. The van der Waals surface area contributed by atoms with E-state index in [2.05, 4.69) is 20.5 Å². The highest BCUT2D eigenvalue weighted by Crippen LogP contribution is 2.03. The molecular weight excluding hydrogens is 254 g/mol. The Labute approximate surface area is 116 Å².